The van der Waals surface area contributed by atoms with Gasteiger partial charge in [0.05, 0.1) is 11.9 Å². The van der Waals surface area contributed by atoms with E-state index in [-0.39, 0.29) is 17.9 Å². The van der Waals surface area contributed by atoms with Crippen LogP contribution in [0, 0.1) is 13.8 Å². The fourth-order valence-electron chi connectivity index (χ4n) is 1.40. The molecule has 90 valence electrons. The van der Waals surface area contributed by atoms with E-state index in [2.05, 4.69) is 9.97 Å². The maximum absolute atomic E-state index is 9.27. The van der Waals surface area contributed by atoms with Gasteiger partial charge in [-0.25, -0.2) is 9.97 Å². The predicted molar refractivity (Wildman–Crippen MR) is 66.5 cm³/mol. The summed E-state index contributed by atoms with van der Waals surface area (Å²) in [5.41, 5.74) is 7.80. The Hall–Kier alpha value is -0.650. The van der Waals surface area contributed by atoms with E-state index in [0.717, 1.165) is 17.8 Å². The van der Waals surface area contributed by atoms with Crippen LogP contribution in [-0.4, -0.2) is 33.0 Å². The Morgan fingerprint density at radius 2 is 1.94 bits per heavy atom. The molecule has 2 atom stereocenters. The smallest absolute Gasteiger partial charge is 0.188 e. The lowest BCUT2D eigenvalue weighted by molar-refractivity contribution is 0.281. The minimum Gasteiger partial charge on any atom is -0.395 e. The van der Waals surface area contributed by atoms with Crippen molar-refractivity contribution in [2.24, 2.45) is 5.73 Å². The lowest BCUT2D eigenvalue weighted by Crippen LogP contribution is -2.34. The molecule has 3 N–H and O–H groups in total. The summed E-state index contributed by atoms with van der Waals surface area (Å²) >= 11 is 1.45. The Bertz CT molecular complexity index is 326. The van der Waals surface area contributed by atoms with Crippen LogP contribution in [0.15, 0.2) is 11.2 Å². The van der Waals surface area contributed by atoms with Gasteiger partial charge in [-0.3, -0.25) is 0 Å². The van der Waals surface area contributed by atoms with Gasteiger partial charge in [0.25, 0.3) is 0 Å². The van der Waals surface area contributed by atoms with E-state index in [9.17, 15) is 5.11 Å². The van der Waals surface area contributed by atoms with E-state index in [1.165, 1.54) is 11.8 Å². The summed E-state index contributed by atoms with van der Waals surface area (Å²) in [5.74, 6) is 0. The molecule has 1 rings (SSSR count). The molecule has 1 aromatic rings. The Morgan fingerprint density at radius 3 is 2.38 bits per heavy atom. The Kier molecular flexibility index (Phi) is 5.18. The van der Waals surface area contributed by atoms with Crippen LogP contribution < -0.4 is 5.73 Å². The molecule has 16 heavy (non-hydrogen) atoms. The van der Waals surface area contributed by atoms with Gasteiger partial charge in [0.15, 0.2) is 5.16 Å². The molecular formula is C11H19N3OS. The number of rotatable bonds is 5. The number of nitrogens with zero attached hydrogens (tertiary/aromatic N) is 2. The molecule has 2 unspecified atom stereocenters. The molecule has 1 heterocycles. The predicted octanol–water partition coefficient (Wildman–Crippen LogP) is 1.28. The molecule has 0 saturated carbocycles. The monoisotopic (exact) mass is 241 g/mol. The molecule has 0 spiro atoms. The number of aromatic nitrogens is 2. The van der Waals surface area contributed by atoms with Crippen molar-refractivity contribution in [3.05, 3.63) is 17.5 Å². The van der Waals surface area contributed by atoms with Gasteiger partial charge in [0, 0.05) is 17.4 Å². The van der Waals surface area contributed by atoms with Gasteiger partial charge in [-0.05, 0) is 26.3 Å². The topological polar surface area (TPSA) is 72.0 Å². The molecule has 0 aliphatic carbocycles. The SMILES string of the molecule is CCC(N)C(CO)Sc1nc(C)cc(C)n1. The van der Waals surface area contributed by atoms with Gasteiger partial charge in [-0.2, -0.15) is 0 Å². The second-order valence-corrected chi connectivity index (χ2v) is 5.05. The third-order valence-electron chi connectivity index (χ3n) is 2.35. The Labute approximate surface area is 101 Å². The lowest BCUT2D eigenvalue weighted by Gasteiger charge is -2.19. The maximum Gasteiger partial charge on any atom is 0.188 e. The van der Waals surface area contributed by atoms with E-state index < -0.39 is 0 Å². The number of hydrogen-bond donors (Lipinski definition) is 2. The summed E-state index contributed by atoms with van der Waals surface area (Å²) in [4.78, 5) is 8.65. The number of hydrogen-bond acceptors (Lipinski definition) is 5. The van der Waals surface area contributed by atoms with E-state index in [1.807, 2.05) is 26.8 Å². The van der Waals surface area contributed by atoms with Gasteiger partial charge in [-0.15, -0.1) is 0 Å². The second-order valence-electron chi connectivity index (χ2n) is 3.84. The summed E-state index contributed by atoms with van der Waals surface area (Å²) in [6.07, 6.45) is 0.836. The molecular weight excluding hydrogens is 222 g/mol. The highest BCUT2D eigenvalue weighted by atomic mass is 32.2. The van der Waals surface area contributed by atoms with Crippen molar-refractivity contribution >= 4 is 11.8 Å². The van der Waals surface area contributed by atoms with Crippen LogP contribution in [0.1, 0.15) is 24.7 Å². The van der Waals surface area contributed by atoms with Crippen molar-refractivity contribution in [1.29, 1.82) is 0 Å². The summed E-state index contributed by atoms with van der Waals surface area (Å²) in [7, 11) is 0. The molecule has 4 nitrogen and oxygen atoms in total. The number of thioether (sulfide) groups is 1. The molecule has 0 aromatic carbocycles. The van der Waals surface area contributed by atoms with E-state index >= 15 is 0 Å². The molecule has 0 saturated heterocycles. The van der Waals surface area contributed by atoms with Gasteiger partial charge >= 0.3 is 0 Å². The van der Waals surface area contributed by atoms with Crippen molar-refractivity contribution in [3.8, 4) is 0 Å². The van der Waals surface area contributed by atoms with Crippen molar-refractivity contribution in [2.75, 3.05) is 6.61 Å². The number of nitrogens with two attached hydrogens (primary N) is 1. The highest BCUT2D eigenvalue weighted by molar-refractivity contribution is 7.99. The van der Waals surface area contributed by atoms with Gasteiger partial charge in [-0.1, -0.05) is 18.7 Å². The van der Waals surface area contributed by atoms with Crippen molar-refractivity contribution in [2.45, 2.75) is 43.6 Å². The molecule has 5 heteroatoms. The lowest BCUT2D eigenvalue weighted by atomic mass is 10.2. The minimum atomic E-state index is -0.0359. The first kappa shape index (κ1) is 13.4. The van der Waals surface area contributed by atoms with Crippen LogP contribution in [0.5, 0.6) is 0 Å². The number of aryl methyl sites for hydroxylation is 2. The van der Waals surface area contributed by atoms with E-state index in [4.69, 9.17) is 5.73 Å². The average molecular weight is 241 g/mol. The van der Waals surface area contributed by atoms with Crippen LogP contribution in [0.2, 0.25) is 0 Å². The van der Waals surface area contributed by atoms with E-state index in [0.29, 0.717) is 5.16 Å². The molecule has 0 aliphatic heterocycles. The third-order valence-corrected chi connectivity index (χ3v) is 3.54. The zero-order valence-electron chi connectivity index (χ0n) is 9.97. The molecule has 0 aliphatic rings. The Morgan fingerprint density at radius 1 is 1.38 bits per heavy atom. The van der Waals surface area contributed by atoms with E-state index in [1.54, 1.807) is 0 Å². The highest BCUT2D eigenvalue weighted by Crippen LogP contribution is 2.22. The zero-order chi connectivity index (χ0) is 12.1. The number of aliphatic hydroxyl groups excluding tert-OH is 1. The summed E-state index contributed by atoms with van der Waals surface area (Å²) in [5, 5.41) is 9.93. The highest BCUT2D eigenvalue weighted by Gasteiger charge is 2.18. The fourth-order valence-corrected chi connectivity index (χ4v) is 2.51. The molecule has 0 bridgehead atoms. The van der Waals surface area contributed by atoms with Gasteiger partial charge in [0.2, 0.25) is 0 Å². The normalized spacial score (nSPS) is 14.8. The minimum absolute atomic E-state index is 0.0283. The van der Waals surface area contributed by atoms with Crippen molar-refractivity contribution in [3.63, 3.8) is 0 Å². The van der Waals surface area contributed by atoms with Crippen molar-refractivity contribution in [1.82, 2.24) is 9.97 Å². The van der Waals surface area contributed by atoms with Crippen LogP contribution in [0.3, 0.4) is 0 Å². The summed E-state index contributed by atoms with van der Waals surface area (Å²) in [6.45, 7) is 5.94. The number of aliphatic hydroxyl groups is 1. The largest absolute Gasteiger partial charge is 0.395 e. The molecule has 0 amide bonds. The Balaban J connectivity index is 2.77. The quantitative estimate of drug-likeness (QED) is 0.600. The van der Waals surface area contributed by atoms with Crippen LogP contribution >= 0.6 is 11.8 Å². The molecule has 0 radical (unpaired) electrons. The van der Waals surface area contributed by atoms with Crippen molar-refractivity contribution < 1.29 is 5.11 Å². The third kappa shape index (κ3) is 3.73. The fraction of sp³-hybridized carbons (Fsp3) is 0.636. The van der Waals surface area contributed by atoms with Crippen LogP contribution in [0.4, 0.5) is 0 Å². The second kappa shape index (κ2) is 6.18. The summed E-state index contributed by atoms with van der Waals surface area (Å²) in [6, 6.07) is 1.90. The first-order chi connectivity index (χ1) is 7.56. The van der Waals surface area contributed by atoms with Gasteiger partial charge < -0.3 is 10.8 Å². The zero-order valence-corrected chi connectivity index (χ0v) is 10.8. The standard InChI is InChI=1S/C11H19N3OS/c1-4-9(12)10(6-15)16-11-13-7(2)5-8(3)14-11/h5,9-10,15H,4,6,12H2,1-3H3. The van der Waals surface area contributed by atoms with Crippen LogP contribution in [0.25, 0.3) is 0 Å². The maximum atomic E-state index is 9.27. The summed E-state index contributed by atoms with van der Waals surface area (Å²) < 4.78 is 0. The first-order valence-electron chi connectivity index (χ1n) is 5.42. The average Bonchev–Trinajstić information content (AvgIpc) is 2.23. The molecule has 1 aromatic heterocycles. The van der Waals surface area contributed by atoms with Gasteiger partial charge in [0.1, 0.15) is 0 Å². The first-order valence-corrected chi connectivity index (χ1v) is 6.30. The molecule has 0 fully saturated rings. The van der Waals surface area contributed by atoms with Crippen LogP contribution in [-0.2, 0) is 0 Å².